The van der Waals surface area contributed by atoms with Crippen LogP contribution in [-0.4, -0.2) is 14.1 Å². The van der Waals surface area contributed by atoms with Crippen molar-refractivity contribution in [1.82, 2.24) is 14.1 Å². The molecule has 2 heterocycles. The molecule has 0 aliphatic heterocycles. The van der Waals surface area contributed by atoms with Crippen molar-refractivity contribution in [3.05, 3.63) is 84.0 Å². The van der Waals surface area contributed by atoms with E-state index in [0.717, 1.165) is 28.0 Å². The van der Waals surface area contributed by atoms with Crippen LogP contribution in [0.3, 0.4) is 0 Å². The van der Waals surface area contributed by atoms with E-state index in [2.05, 4.69) is 18.1 Å². The largest absolute Gasteiger partial charge is 0.369 e. The van der Waals surface area contributed by atoms with Gasteiger partial charge >= 0.3 is 0 Å². The number of fused-ring (bicyclic) bond motifs is 1. The molecular formula is C21H17ClN4. The Kier molecular flexibility index (Phi) is 3.90. The third-order valence-corrected chi connectivity index (χ3v) is 4.74. The lowest BCUT2D eigenvalue weighted by molar-refractivity contribution is 0.946. The summed E-state index contributed by atoms with van der Waals surface area (Å²) in [4.78, 5) is 4.47. The summed E-state index contributed by atoms with van der Waals surface area (Å²) in [7, 11) is 0. The lowest BCUT2D eigenvalue weighted by Gasteiger charge is -2.14. The minimum absolute atomic E-state index is 0.369. The Labute approximate surface area is 156 Å². The summed E-state index contributed by atoms with van der Waals surface area (Å²) in [6.07, 6.45) is 3.51. The van der Waals surface area contributed by atoms with Crippen LogP contribution >= 0.6 is 11.6 Å². The van der Waals surface area contributed by atoms with Gasteiger partial charge in [-0.05, 0) is 30.3 Å². The maximum atomic E-state index is 6.78. The summed E-state index contributed by atoms with van der Waals surface area (Å²) in [6.45, 7) is 7.88. The number of nitrogen functional groups attached to an aromatic ring is 1. The molecule has 2 aromatic carbocycles. The molecule has 0 aliphatic rings. The third-order valence-electron chi connectivity index (χ3n) is 4.37. The zero-order valence-electron chi connectivity index (χ0n) is 14.1. The molecule has 0 amide bonds. The first-order chi connectivity index (χ1) is 12.7. The molecule has 0 radical (unpaired) electrons. The van der Waals surface area contributed by atoms with Crippen molar-refractivity contribution in [1.29, 1.82) is 0 Å². The van der Waals surface area contributed by atoms with Gasteiger partial charge in [0.25, 0.3) is 0 Å². The van der Waals surface area contributed by atoms with E-state index in [4.69, 9.17) is 17.3 Å². The normalized spacial score (nSPS) is 11.0. The zero-order valence-corrected chi connectivity index (χ0v) is 14.8. The molecule has 0 saturated heterocycles. The van der Waals surface area contributed by atoms with Crippen LogP contribution < -0.4 is 5.73 Å². The van der Waals surface area contributed by atoms with E-state index in [0.29, 0.717) is 16.8 Å². The number of nitrogens with two attached hydrogens (primary N) is 1. The zero-order chi connectivity index (χ0) is 18.3. The number of halogens is 1. The number of para-hydroxylation sites is 3. The Morgan fingerprint density at radius 1 is 0.923 bits per heavy atom. The average Bonchev–Trinajstić information content (AvgIpc) is 3.14. The topological polar surface area (TPSA) is 48.8 Å². The van der Waals surface area contributed by atoms with Gasteiger partial charge in [-0.1, -0.05) is 61.2 Å². The second-order valence-electron chi connectivity index (χ2n) is 5.81. The standard InChI is InChI=1S/C21H17ClN4/c1-3-15-17(4-2)25(14-10-6-5-7-11-14)20(19(15)22)26-18-13-9-8-12-16(18)24-21(26)23/h3-13H,1-2H2,(H2,23,24). The van der Waals surface area contributed by atoms with Gasteiger partial charge in [-0.25, -0.2) is 4.98 Å². The fourth-order valence-corrected chi connectivity index (χ4v) is 3.61. The first-order valence-electron chi connectivity index (χ1n) is 8.15. The molecule has 2 aromatic heterocycles. The van der Waals surface area contributed by atoms with Crippen LogP contribution in [0.1, 0.15) is 11.3 Å². The van der Waals surface area contributed by atoms with Crippen molar-refractivity contribution in [2.75, 3.05) is 5.73 Å². The second kappa shape index (κ2) is 6.24. The molecule has 5 heteroatoms. The summed E-state index contributed by atoms with van der Waals surface area (Å²) < 4.78 is 3.89. The molecule has 128 valence electrons. The lowest BCUT2D eigenvalue weighted by Crippen LogP contribution is -2.08. The van der Waals surface area contributed by atoms with Gasteiger partial charge in [-0.15, -0.1) is 0 Å². The second-order valence-corrected chi connectivity index (χ2v) is 6.19. The van der Waals surface area contributed by atoms with Crippen molar-refractivity contribution >= 4 is 40.7 Å². The number of hydrogen-bond donors (Lipinski definition) is 1. The van der Waals surface area contributed by atoms with E-state index < -0.39 is 0 Å². The Morgan fingerprint density at radius 3 is 2.31 bits per heavy atom. The summed E-state index contributed by atoms with van der Waals surface area (Å²) in [5, 5.41) is 0.550. The van der Waals surface area contributed by atoms with Gasteiger partial charge in [0.2, 0.25) is 5.95 Å². The number of rotatable bonds is 4. The highest BCUT2D eigenvalue weighted by molar-refractivity contribution is 6.34. The van der Waals surface area contributed by atoms with Gasteiger partial charge < -0.3 is 5.73 Å². The molecule has 4 aromatic rings. The first kappa shape index (κ1) is 16.2. The van der Waals surface area contributed by atoms with Crippen molar-refractivity contribution in [2.24, 2.45) is 0 Å². The van der Waals surface area contributed by atoms with E-state index in [1.807, 2.05) is 63.7 Å². The van der Waals surface area contributed by atoms with E-state index in [9.17, 15) is 0 Å². The average molecular weight is 361 g/mol. The molecule has 26 heavy (non-hydrogen) atoms. The fraction of sp³-hybridized carbons (Fsp3) is 0. The Morgan fingerprint density at radius 2 is 1.62 bits per heavy atom. The number of benzene rings is 2. The van der Waals surface area contributed by atoms with Gasteiger partial charge in [0.05, 0.1) is 21.7 Å². The predicted octanol–water partition coefficient (Wildman–Crippen LogP) is 5.34. The molecule has 0 unspecified atom stereocenters. The number of imidazole rings is 1. The van der Waals surface area contributed by atoms with Crippen molar-refractivity contribution in [3.8, 4) is 11.5 Å². The number of hydrogen-bond acceptors (Lipinski definition) is 2. The number of anilines is 1. The molecule has 0 bridgehead atoms. The fourth-order valence-electron chi connectivity index (χ4n) is 3.26. The van der Waals surface area contributed by atoms with Crippen molar-refractivity contribution in [2.45, 2.75) is 0 Å². The number of aromatic nitrogens is 3. The highest BCUT2D eigenvalue weighted by Crippen LogP contribution is 2.38. The predicted molar refractivity (Wildman–Crippen MR) is 110 cm³/mol. The van der Waals surface area contributed by atoms with Gasteiger partial charge in [0.15, 0.2) is 0 Å². The molecule has 0 spiro atoms. The summed E-state index contributed by atoms with van der Waals surface area (Å²) in [6, 6.07) is 17.7. The lowest BCUT2D eigenvalue weighted by atomic mass is 10.2. The smallest absolute Gasteiger partial charge is 0.207 e. The van der Waals surface area contributed by atoms with Crippen LogP contribution in [0.25, 0.3) is 34.7 Å². The molecule has 0 atom stereocenters. The van der Waals surface area contributed by atoms with Gasteiger partial charge in [-0.2, -0.15) is 0 Å². The van der Waals surface area contributed by atoms with Gasteiger partial charge in [0.1, 0.15) is 5.82 Å². The minimum atomic E-state index is 0.369. The maximum absolute atomic E-state index is 6.78. The minimum Gasteiger partial charge on any atom is -0.369 e. The monoisotopic (exact) mass is 360 g/mol. The molecule has 2 N–H and O–H groups in total. The van der Waals surface area contributed by atoms with Crippen LogP contribution in [0.5, 0.6) is 0 Å². The Hall–Kier alpha value is -3.24. The van der Waals surface area contributed by atoms with Crippen LogP contribution in [0.4, 0.5) is 5.95 Å². The van der Waals surface area contributed by atoms with E-state index in [1.165, 1.54) is 0 Å². The van der Waals surface area contributed by atoms with Crippen LogP contribution in [0.2, 0.25) is 5.02 Å². The third kappa shape index (κ3) is 2.27. The SMILES string of the molecule is C=Cc1c(Cl)c(-n2c(N)nc3ccccc32)n(-c2ccccc2)c1C=C. The van der Waals surface area contributed by atoms with E-state index >= 15 is 0 Å². The quantitative estimate of drug-likeness (QED) is 0.534. The van der Waals surface area contributed by atoms with Gasteiger partial charge in [0, 0.05) is 11.3 Å². The van der Waals surface area contributed by atoms with Crippen LogP contribution in [-0.2, 0) is 0 Å². The molecule has 4 nitrogen and oxygen atoms in total. The van der Waals surface area contributed by atoms with Crippen LogP contribution in [0.15, 0.2) is 67.8 Å². The Bertz CT molecular complexity index is 1140. The van der Waals surface area contributed by atoms with Gasteiger partial charge in [-0.3, -0.25) is 9.13 Å². The van der Waals surface area contributed by atoms with E-state index in [-0.39, 0.29) is 0 Å². The Balaban J connectivity index is 2.18. The molecule has 0 saturated carbocycles. The summed E-state index contributed by atoms with van der Waals surface area (Å²) >= 11 is 6.78. The molecule has 0 fully saturated rings. The summed E-state index contributed by atoms with van der Waals surface area (Å²) in [5.74, 6) is 1.09. The maximum Gasteiger partial charge on any atom is 0.207 e. The first-order valence-corrected chi connectivity index (χ1v) is 8.53. The number of nitrogens with zero attached hydrogens (tertiary/aromatic N) is 3. The van der Waals surface area contributed by atoms with Crippen molar-refractivity contribution in [3.63, 3.8) is 0 Å². The van der Waals surface area contributed by atoms with Crippen molar-refractivity contribution < 1.29 is 0 Å². The highest BCUT2D eigenvalue weighted by Gasteiger charge is 2.24. The molecule has 4 rings (SSSR count). The molecule has 0 aliphatic carbocycles. The molecular weight excluding hydrogens is 344 g/mol. The van der Waals surface area contributed by atoms with Crippen LogP contribution in [0, 0.1) is 0 Å². The van der Waals surface area contributed by atoms with E-state index in [1.54, 1.807) is 12.2 Å². The highest BCUT2D eigenvalue weighted by atomic mass is 35.5. The summed E-state index contributed by atoms with van der Waals surface area (Å²) in [5.41, 5.74) is 10.6.